The number of alkyl halides is 3. The molecule has 1 fully saturated rings. The molecule has 7 nitrogen and oxygen atoms in total. The molecule has 0 saturated carbocycles. The zero-order valence-electron chi connectivity index (χ0n) is 15.8. The number of amides is 2. The highest BCUT2D eigenvalue weighted by Crippen LogP contribution is 2.40. The summed E-state index contributed by atoms with van der Waals surface area (Å²) in [6.45, 7) is 2.53. The number of fused-ring (bicyclic) bond motifs is 1. The summed E-state index contributed by atoms with van der Waals surface area (Å²) in [5.74, 6) is 0.591. The summed E-state index contributed by atoms with van der Waals surface area (Å²) in [6.07, 6.45) is -3.72. The molecule has 1 atom stereocenters. The van der Waals surface area contributed by atoms with E-state index in [1.54, 1.807) is 11.0 Å². The highest BCUT2D eigenvalue weighted by molar-refractivity contribution is 6.29. The minimum absolute atomic E-state index is 0.0385. The fourth-order valence-corrected chi connectivity index (χ4v) is 3.84. The largest absolute Gasteiger partial charge is 0.493 e. The first-order valence-electron chi connectivity index (χ1n) is 9.44. The molecule has 11 heteroatoms. The van der Waals surface area contributed by atoms with Crippen molar-refractivity contribution in [3.63, 3.8) is 0 Å². The highest BCUT2D eigenvalue weighted by atomic mass is 35.5. The molecule has 0 bridgehead atoms. The third kappa shape index (κ3) is 4.44. The Morgan fingerprint density at radius 3 is 2.57 bits per heavy atom. The molecule has 0 aliphatic carbocycles. The average molecular weight is 442 g/mol. The van der Waals surface area contributed by atoms with Crippen LogP contribution in [0.15, 0.2) is 30.3 Å². The molecule has 1 unspecified atom stereocenters. The van der Waals surface area contributed by atoms with Gasteiger partial charge in [-0.25, -0.2) is 4.79 Å². The minimum atomic E-state index is -4.40. The van der Waals surface area contributed by atoms with E-state index in [2.05, 4.69) is 20.4 Å². The van der Waals surface area contributed by atoms with Crippen LogP contribution in [0.2, 0.25) is 5.15 Å². The summed E-state index contributed by atoms with van der Waals surface area (Å²) < 4.78 is 44.4. The Balaban J connectivity index is 1.39. The van der Waals surface area contributed by atoms with Crippen molar-refractivity contribution < 1.29 is 22.7 Å². The molecule has 0 spiro atoms. The van der Waals surface area contributed by atoms with Crippen molar-refractivity contribution in [2.24, 2.45) is 0 Å². The fourth-order valence-electron chi connectivity index (χ4n) is 3.73. The Morgan fingerprint density at radius 1 is 1.13 bits per heavy atom. The molecule has 3 heterocycles. The Morgan fingerprint density at radius 2 is 1.90 bits per heavy atom. The Bertz CT molecular complexity index is 917. The van der Waals surface area contributed by atoms with Crippen molar-refractivity contribution in [3.05, 3.63) is 46.6 Å². The molecule has 1 saturated heterocycles. The van der Waals surface area contributed by atoms with Crippen molar-refractivity contribution in [1.29, 1.82) is 0 Å². The molecule has 0 radical (unpaired) electrons. The number of carbonyl (C=O) groups excluding carboxylic acids is 1. The molecule has 160 valence electrons. The third-order valence-electron chi connectivity index (χ3n) is 5.26. The van der Waals surface area contributed by atoms with E-state index in [1.165, 1.54) is 12.1 Å². The molecular weight excluding hydrogens is 423 g/mol. The number of urea groups is 1. The number of hydrogen-bond acceptors (Lipinski definition) is 5. The molecule has 1 aromatic heterocycles. The van der Waals surface area contributed by atoms with Crippen molar-refractivity contribution in [3.8, 4) is 5.75 Å². The van der Waals surface area contributed by atoms with Crippen molar-refractivity contribution in [1.82, 2.24) is 20.0 Å². The predicted molar refractivity (Wildman–Crippen MR) is 104 cm³/mol. The zero-order chi connectivity index (χ0) is 21.3. The molecule has 2 amide bonds. The second-order valence-corrected chi connectivity index (χ2v) is 7.49. The summed E-state index contributed by atoms with van der Waals surface area (Å²) in [7, 11) is 0. The lowest BCUT2D eigenvalue weighted by atomic mass is 9.96. The normalized spacial score (nSPS) is 19.7. The van der Waals surface area contributed by atoms with Gasteiger partial charge in [-0.1, -0.05) is 17.7 Å². The van der Waals surface area contributed by atoms with Crippen LogP contribution in [0.25, 0.3) is 0 Å². The highest BCUT2D eigenvalue weighted by Gasteiger charge is 2.35. The molecule has 4 rings (SSSR count). The van der Waals surface area contributed by atoms with Crippen LogP contribution in [0, 0.1) is 0 Å². The molecule has 2 aromatic rings. The van der Waals surface area contributed by atoms with Crippen LogP contribution in [0.3, 0.4) is 0 Å². The lowest BCUT2D eigenvalue weighted by Gasteiger charge is -2.41. The van der Waals surface area contributed by atoms with Gasteiger partial charge in [0.15, 0.2) is 11.0 Å². The molecule has 2 aliphatic heterocycles. The number of hydrogen-bond donors (Lipinski definition) is 1. The van der Waals surface area contributed by atoms with Gasteiger partial charge >= 0.3 is 12.2 Å². The Labute approximate surface area is 175 Å². The lowest BCUT2D eigenvalue weighted by molar-refractivity contribution is -0.137. The van der Waals surface area contributed by atoms with Gasteiger partial charge in [0.25, 0.3) is 0 Å². The smallest absolute Gasteiger partial charge is 0.416 e. The van der Waals surface area contributed by atoms with Crippen LogP contribution in [0.5, 0.6) is 5.75 Å². The van der Waals surface area contributed by atoms with Gasteiger partial charge in [-0.3, -0.25) is 10.2 Å². The van der Waals surface area contributed by atoms with E-state index in [0.717, 1.165) is 17.7 Å². The van der Waals surface area contributed by atoms with E-state index >= 15 is 0 Å². The summed E-state index contributed by atoms with van der Waals surface area (Å²) in [4.78, 5) is 16.3. The first-order chi connectivity index (χ1) is 14.3. The zero-order valence-corrected chi connectivity index (χ0v) is 16.6. The second kappa shape index (κ2) is 8.27. The maximum atomic E-state index is 13.0. The molecule has 30 heavy (non-hydrogen) atoms. The maximum absolute atomic E-state index is 13.0. The summed E-state index contributed by atoms with van der Waals surface area (Å²) in [6, 6.07) is 6.44. The van der Waals surface area contributed by atoms with E-state index in [1.807, 2.05) is 0 Å². The monoisotopic (exact) mass is 441 g/mol. The molecular formula is C19H19ClF3N5O2. The predicted octanol–water partition coefficient (Wildman–Crippen LogP) is 3.82. The van der Waals surface area contributed by atoms with E-state index in [4.69, 9.17) is 16.3 Å². The van der Waals surface area contributed by atoms with Gasteiger partial charge in [-0.15, -0.1) is 10.2 Å². The van der Waals surface area contributed by atoms with Gasteiger partial charge in [-0.05, 0) is 24.3 Å². The molecule has 1 N–H and O–H groups in total. The van der Waals surface area contributed by atoms with Crippen LogP contribution < -0.4 is 10.1 Å². The Hall–Kier alpha value is -2.59. The van der Waals surface area contributed by atoms with Crippen molar-refractivity contribution in [2.45, 2.75) is 18.6 Å². The summed E-state index contributed by atoms with van der Waals surface area (Å²) >= 11 is 5.69. The first kappa shape index (κ1) is 20.7. The van der Waals surface area contributed by atoms with Crippen LogP contribution in [-0.2, 0) is 6.18 Å². The van der Waals surface area contributed by atoms with Crippen LogP contribution in [0.1, 0.15) is 23.6 Å². The number of halogens is 4. The first-order valence-corrected chi connectivity index (χ1v) is 9.82. The second-order valence-electron chi connectivity index (χ2n) is 7.10. The number of rotatable bonds is 2. The van der Waals surface area contributed by atoms with E-state index in [0.29, 0.717) is 45.0 Å². The number of anilines is 1. The van der Waals surface area contributed by atoms with Gasteiger partial charge in [0, 0.05) is 44.2 Å². The van der Waals surface area contributed by atoms with Crippen LogP contribution in [0.4, 0.5) is 23.8 Å². The van der Waals surface area contributed by atoms with Gasteiger partial charge in [-0.2, -0.15) is 13.2 Å². The number of benzene rings is 1. The third-order valence-corrected chi connectivity index (χ3v) is 5.46. The molecule has 1 aromatic carbocycles. The SMILES string of the molecule is O=C(Nc1ccc(Cl)nn1)N1CCN(C2CCOc3cc(C(F)(F)F)ccc32)CC1. The minimum Gasteiger partial charge on any atom is -0.493 e. The number of carbonyl (C=O) groups is 1. The molecule has 2 aliphatic rings. The van der Waals surface area contributed by atoms with Crippen molar-refractivity contribution >= 4 is 23.4 Å². The summed E-state index contributed by atoms with van der Waals surface area (Å²) in [5, 5.41) is 10.4. The lowest BCUT2D eigenvalue weighted by Crippen LogP contribution is -2.51. The average Bonchev–Trinajstić information content (AvgIpc) is 2.74. The number of piperazine rings is 1. The van der Waals surface area contributed by atoms with Crippen molar-refractivity contribution in [2.75, 3.05) is 38.1 Å². The van der Waals surface area contributed by atoms with E-state index < -0.39 is 11.7 Å². The Kier molecular flexibility index (Phi) is 5.70. The number of ether oxygens (including phenoxy) is 1. The number of nitrogens with zero attached hydrogens (tertiary/aromatic N) is 4. The topological polar surface area (TPSA) is 70.6 Å². The number of aromatic nitrogens is 2. The quantitative estimate of drug-likeness (QED) is 0.767. The van der Waals surface area contributed by atoms with E-state index in [9.17, 15) is 18.0 Å². The maximum Gasteiger partial charge on any atom is 0.416 e. The van der Waals surface area contributed by atoms with Crippen LogP contribution >= 0.6 is 11.6 Å². The fraction of sp³-hybridized carbons (Fsp3) is 0.421. The summed E-state index contributed by atoms with van der Waals surface area (Å²) in [5.41, 5.74) is 0.0391. The van der Waals surface area contributed by atoms with Gasteiger partial charge in [0.2, 0.25) is 0 Å². The standard InChI is InChI=1S/C19H19ClF3N5O2/c20-16-3-4-17(26-25-16)24-18(29)28-8-6-27(7-9-28)14-5-10-30-15-11-12(19(21,22)23)1-2-13(14)15/h1-4,11,14H,5-10H2,(H,24,26,29). The number of nitrogens with one attached hydrogen (secondary N) is 1. The van der Waals surface area contributed by atoms with Gasteiger partial charge in [0.05, 0.1) is 12.2 Å². The van der Waals surface area contributed by atoms with Gasteiger partial charge < -0.3 is 9.64 Å². The van der Waals surface area contributed by atoms with Gasteiger partial charge in [0.1, 0.15) is 5.75 Å². The van der Waals surface area contributed by atoms with Crippen LogP contribution in [-0.4, -0.2) is 58.8 Å². The van der Waals surface area contributed by atoms with E-state index in [-0.39, 0.29) is 23.0 Å².